The molecule has 0 atom stereocenters. The van der Waals surface area contributed by atoms with Gasteiger partial charge in [0.25, 0.3) is 0 Å². The van der Waals surface area contributed by atoms with Crippen molar-refractivity contribution in [2.75, 3.05) is 5.73 Å². The number of H-pyrrole nitrogens is 1. The molecule has 0 radical (unpaired) electrons. The summed E-state index contributed by atoms with van der Waals surface area (Å²) in [5.74, 6) is 0. The quantitative estimate of drug-likeness (QED) is 0.831. The summed E-state index contributed by atoms with van der Waals surface area (Å²) in [5, 5.41) is 15.8. The first-order valence-electron chi connectivity index (χ1n) is 5.67. The van der Waals surface area contributed by atoms with E-state index in [9.17, 15) is 4.79 Å². The molecular weight excluding hydrogens is 262 g/mol. The molecule has 0 amide bonds. The van der Waals surface area contributed by atoms with Crippen molar-refractivity contribution < 1.29 is 0 Å². The molecule has 0 aliphatic heterocycles. The van der Waals surface area contributed by atoms with E-state index in [1.54, 1.807) is 22.8 Å². The van der Waals surface area contributed by atoms with Crippen molar-refractivity contribution in [2.45, 2.75) is 29.9 Å². The van der Waals surface area contributed by atoms with E-state index >= 15 is 0 Å². The van der Waals surface area contributed by atoms with Crippen LogP contribution >= 0.6 is 11.8 Å². The van der Waals surface area contributed by atoms with E-state index in [2.05, 4.69) is 10.2 Å². The van der Waals surface area contributed by atoms with Gasteiger partial charge in [0.05, 0.1) is 11.3 Å². The Hall–Kier alpha value is -2.20. The van der Waals surface area contributed by atoms with Gasteiger partial charge in [-0.15, -0.1) is 5.10 Å². The number of nitriles is 1. The van der Waals surface area contributed by atoms with Crippen LogP contribution in [-0.2, 0) is 0 Å². The summed E-state index contributed by atoms with van der Waals surface area (Å²) in [4.78, 5) is 12.4. The number of anilines is 1. The highest BCUT2D eigenvalue weighted by atomic mass is 32.2. The van der Waals surface area contributed by atoms with Crippen LogP contribution in [0, 0.1) is 11.3 Å². The molecule has 1 aromatic carbocycles. The van der Waals surface area contributed by atoms with Crippen molar-refractivity contribution in [3.8, 4) is 6.07 Å². The third kappa shape index (κ3) is 2.63. The second-order valence-electron chi connectivity index (χ2n) is 4.24. The molecule has 1 heterocycles. The van der Waals surface area contributed by atoms with Crippen molar-refractivity contribution in [2.24, 2.45) is 0 Å². The van der Waals surface area contributed by atoms with Crippen molar-refractivity contribution in [1.29, 1.82) is 5.26 Å². The molecule has 0 fully saturated rings. The van der Waals surface area contributed by atoms with Gasteiger partial charge in [0.1, 0.15) is 6.07 Å². The summed E-state index contributed by atoms with van der Waals surface area (Å²) in [6, 6.07) is 7.16. The Bertz CT molecular complexity index is 695. The van der Waals surface area contributed by atoms with Crippen LogP contribution in [0.15, 0.2) is 33.0 Å². The number of hydrogen-bond donors (Lipinski definition) is 2. The third-order valence-corrected chi connectivity index (χ3v) is 3.50. The number of rotatable bonds is 3. The van der Waals surface area contributed by atoms with Gasteiger partial charge in [-0.05, 0) is 43.8 Å². The van der Waals surface area contributed by atoms with Gasteiger partial charge in [-0.25, -0.2) is 9.89 Å². The lowest BCUT2D eigenvalue weighted by Gasteiger charge is -2.08. The molecule has 3 N–H and O–H groups in total. The average Bonchev–Trinajstić information content (AvgIpc) is 2.70. The second kappa shape index (κ2) is 5.20. The fourth-order valence-electron chi connectivity index (χ4n) is 1.63. The minimum Gasteiger partial charge on any atom is -0.398 e. The number of nitrogens with two attached hydrogens (primary N) is 1. The Kier molecular flexibility index (Phi) is 3.62. The smallest absolute Gasteiger partial charge is 0.344 e. The van der Waals surface area contributed by atoms with Crippen LogP contribution in [0.25, 0.3) is 0 Å². The van der Waals surface area contributed by atoms with Crippen LogP contribution in [0.2, 0.25) is 0 Å². The van der Waals surface area contributed by atoms with Crippen LogP contribution < -0.4 is 11.4 Å². The summed E-state index contributed by atoms with van der Waals surface area (Å²) in [6.45, 7) is 3.82. The number of benzene rings is 1. The molecule has 7 heteroatoms. The van der Waals surface area contributed by atoms with E-state index in [0.717, 1.165) is 4.90 Å². The number of aromatic amines is 1. The molecule has 0 aliphatic rings. The summed E-state index contributed by atoms with van der Waals surface area (Å²) in [6.07, 6.45) is 0. The summed E-state index contributed by atoms with van der Waals surface area (Å²) in [7, 11) is 0. The first kappa shape index (κ1) is 13.2. The minimum atomic E-state index is -0.237. The molecule has 98 valence electrons. The lowest BCUT2D eigenvalue weighted by atomic mass is 10.2. The maximum atomic E-state index is 11.6. The predicted octanol–water partition coefficient (Wildman–Crippen LogP) is 1.76. The zero-order chi connectivity index (χ0) is 14.0. The maximum absolute atomic E-state index is 11.6. The van der Waals surface area contributed by atoms with Crippen LogP contribution in [0.1, 0.15) is 25.5 Å². The van der Waals surface area contributed by atoms with E-state index in [1.165, 1.54) is 11.8 Å². The van der Waals surface area contributed by atoms with Gasteiger partial charge in [-0.2, -0.15) is 5.26 Å². The highest BCUT2D eigenvalue weighted by molar-refractivity contribution is 7.99. The first-order chi connectivity index (χ1) is 9.02. The number of nitrogens with zero attached hydrogens (tertiary/aromatic N) is 3. The van der Waals surface area contributed by atoms with E-state index in [1.807, 2.05) is 19.9 Å². The molecule has 2 aromatic rings. The number of aromatic nitrogens is 3. The third-order valence-electron chi connectivity index (χ3n) is 2.54. The van der Waals surface area contributed by atoms with Crippen molar-refractivity contribution in [3.05, 3.63) is 34.2 Å². The Morgan fingerprint density at radius 1 is 1.53 bits per heavy atom. The SMILES string of the molecule is CC(C)n1c(Sc2ccc(C#N)c(N)c2)n[nH]c1=O. The van der Waals surface area contributed by atoms with Crippen LogP contribution in [-0.4, -0.2) is 14.8 Å². The molecule has 0 bridgehead atoms. The lowest BCUT2D eigenvalue weighted by molar-refractivity contribution is 0.534. The van der Waals surface area contributed by atoms with Crippen molar-refractivity contribution in [1.82, 2.24) is 14.8 Å². The zero-order valence-corrected chi connectivity index (χ0v) is 11.4. The summed E-state index contributed by atoms with van der Waals surface area (Å²) < 4.78 is 1.57. The fraction of sp³-hybridized carbons (Fsp3) is 0.250. The Labute approximate surface area is 114 Å². The number of nitrogen functional groups attached to an aromatic ring is 1. The molecule has 2 rings (SSSR count). The van der Waals surface area contributed by atoms with Gasteiger partial charge in [0.15, 0.2) is 5.16 Å². The molecule has 19 heavy (non-hydrogen) atoms. The monoisotopic (exact) mass is 275 g/mol. The fourth-order valence-corrected chi connectivity index (χ4v) is 2.65. The normalized spacial score (nSPS) is 10.6. The lowest BCUT2D eigenvalue weighted by Crippen LogP contribution is -2.19. The van der Waals surface area contributed by atoms with Crippen molar-refractivity contribution >= 4 is 17.4 Å². The Morgan fingerprint density at radius 3 is 2.84 bits per heavy atom. The molecule has 0 aliphatic carbocycles. The zero-order valence-electron chi connectivity index (χ0n) is 10.5. The van der Waals surface area contributed by atoms with Crippen LogP contribution in [0.3, 0.4) is 0 Å². The number of hydrogen-bond acceptors (Lipinski definition) is 5. The molecule has 0 spiro atoms. The van der Waals surface area contributed by atoms with Crippen LogP contribution in [0.4, 0.5) is 5.69 Å². The standard InChI is InChI=1S/C12H13N5OS/c1-7(2)17-11(18)15-16-12(17)19-9-4-3-8(6-13)10(14)5-9/h3-5,7H,14H2,1-2H3,(H,15,18). The van der Waals surface area contributed by atoms with Gasteiger partial charge in [0.2, 0.25) is 0 Å². The van der Waals surface area contributed by atoms with E-state index in [4.69, 9.17) is 11.0 Å². The number of nitrogens with one attached hydrogen (secondary N) is 1. The first-order valence-corrected chi connectivity index (χ1v) is 6.49. The highest BCUT2D eigenvalue weighted by Gasteiger charge is 2.13. The van der Waals surface area contributed by atoms with E-state index in [0.29, 0.717) is 16.4 Å². The molecule has 6 nitrogen and oxygen atoms in total. The van der Waals surface area contributed by atoms with Gasteiger partial charge in [0, 0.05) is 10.9 Å². The van der Waals surface area contributed by atoms with Gasteiger partial charge in [-0.3, -0.25) is 4.57 Å². The average molecular weight is 275 g/mol. The summed E-state index contributed by atoms with van der Waals surface area (Å²) in [5.41, 5.74) is 6.37. The van der Waals surface area contributed by atoms with Gasteiger partial charge >= 0.3 is 5.69 Å². The summed E-state index contributed by atoms with van der Waals surface area (Å²) >= 11 is 1.33. The second-order valence-corrected chi connectivity index (χ2v) is 5.28. The van der Waals surface area contributed by atoms with E-state index < -0.39 is 0 Å². The Balaban J connectivity index is 2.35. The largest absolute Gasteiger partial charge is 0.398 e. The maximum Gasteiger partial charge on any atom is 0.344 e. The van der Waals surface area contributed by atoms with Crippen molar-refractivity contribution in [3.63, 3.8) is 0 Å². The highest BCUT2D eigenvalue weighted by Crippen LogP contribution is 2.28. The molecular formula is C12H13N5OS. The molecule has 0 saturated carbocycles. The molecule has 0 saturated heterocycles. The van der Waals surface area contributed by atoms with Crippen LogP contribution in [0.5, 0.6) is 0 Å². The van der Waals surface area contributed by atoms with Gasteiger partial charge in [-0.1, -0.05) is 0 Å². The molecule has 1 aromatic heterocycles. The van der Waals surface area contributed by atoms with Gasteiger partial charge < -0.3 is 5.73 Å². The Morgan fingerprint density at radius 2 is 2.26 bits per heavy atom. The molecule has 0 unspecified atom stereocenters. The topological polar surface area (TPSA) is 100 Å². The minimum absolute atomic E-state index is 0.0180. The predicted molar refractivity (Wildman–Crippen MR) is 72.9 cm³/mol. The van der Waals surface area contributed by atoms with E-state index in [-0.39, 0.29) is 11.7 Å².